The van der Waals surface area contributed by atoms with Gasteiger partial charge in [0.15, 0.2) is 5.69 Å². The molecule has 1 aromatic carbocycles. The van der Waals surface area contributed by atoms with Gasteiger partial charge in [-0.1, -0.05) is 12.1 Å². The molecule has 2 aromatic rings. The largest absolute Gasteiger partial charge is 0.505 e. The molecule has 0 spiro atoms. The molecule has 7 nitrogen and oxygen atoms in total. The monoisotopic (exact) mass is 311 g/mol. The number of aromatic hydroxyl groups is 1. The van der Waals surface area contributed by atoms with Gasteiger partial charge in [0.2, 0.25) is 0 Å². The smallest absolute Gasteiger partial charge is 0.325 e. The fourth-order valence-electron chi connectivity index (χ4n) is 1.86. The van der Waals surface area contributed by atoms with Gasteiger partial charge in [0.1, 0.15) is 12.3 Å². The summed E-state index contributed by atoms with van der Waals surface area (Å²) in [6, 6.07) is 10.2. The quantitative estimate of drug-likeness (QED) is 0.821. The van der Waals surface area contributed by atoms with Crippen molar-refractivity contribution in [2.75, 3.05) is 13.7 Å². The first-order valence-electron chi connectivity index (χ1n) is 6.59. The minimum Gasteiger partial charge on any atom is -0.505 e. The number of carbonyl (C=O) groups is 2. The Hall–Kier alpha value is -3.40. The van der Waals surface area contributed by atoms with E-state index in [-0.39, 0.29) is 18.0 Å². The van der Waals surface area contributed by atoms with Gasteiger partial charge in [0.25, 0.3) is 5.91 Å². The van der Waals surface area contributed by atoms with Crippen molar-refractivity contribution in [2.24, 2.45) is 0 Å². The Labute approximate surface area is 132 Å². The van der Waals surface area contributed by atoms with Crippen LogP contribution in [0.5, 0.6) is 5.75 Å². The fourth-order valence-corrected chi connectivity index (χ4v) is 1.86. The molecule has 0 bridgehead atoms. The van der Waals surface area contributed by atoms with Crippen LogP contribution in [0.4, 0.5) is 0 Å². The minimum absolute atomic E-state index is 0.200. The summed E-state index contributed by atoms with van der Waals surface area (Å²) in [4.78, 5) is 26.8. The number of aromatic nitrogens is 1. The SMILES string of the molecule is COC(=O)CNC(=O)c1ncc(-c2cccc(C#N)c2)cc1O. The van der Waals surface area contributed by atoms with Gasteiger partial charge in [-0.25, -0.2) is 4.98 Å². The van der Waals surface area contributed by atoms with Crippen LogP contribution in [0.25, 0.3) is 11.1 Å². The highest BCUT2D eigenvalue weighted by Gasteiger charge is 2.15. The maximum atomic E-state index is 11.8. The van der Waals surface area contributed by atoms with Crippen molar-refractivity contribution in [3.8, 4) is 22.9 Å². The van der Waals surface area contributed by atoms with E-state index in [1.807, 2.05) is 6.07 Å². The van der Waals surface area contributed by atoms with E-state index in [0.29, 0.717) is 16.7 Å². The molecule has 0 aliphatic heterocycles. The average Bonchev–Trinajstić information content (AvgIpc) is 2.59. The predicted molar refractivity (Wildman–Crippen MR) is 80.4 cm³/mol. The molecule has 0 saturated heterocycles. The molecule has 1 amide bonds. The number of nitrogens with one attached hydrogen (secondary N) is 1. The second-order valence-corrected chi connectivity index (χ2v) is 4.54. The molecular weight excluding hydrogens is 298 g/mol. The summed E-state index contributed by atoms with van der Waals surface area (Å²) in [5, 5.41) is 21.2. The molecule has 1 aromatic heterocycles. The highest BCUT2D eigenvalue weighted by molar-refractivity contribution is 5.96. The van der Waals surface area contributed by atoms with Gasteiger partial charge in [0.05, 0.1) is 18.7 Å². The second kappa shape index (κ2) is 7.04. The maximum absolute atomic E-state index is 11.8. The maximum Gasteiger partial charge on any atom is 0.325 e. The van der Waals surface area contributed by atoms with E-state index in [2.05, 4.69) is 15.0 Å². The zero-order valence-corrected chi connectivity index (χ0v) is 12.2. The highest BCUT2D eigenvalue weighted by atomic mass is 16.5. The van der Waals surface area contributed by atoms with Crippen LogP contribution >= 0.6 is 0 Å². The third-order valence-electron chi connectivity index (χ3n) is 3.03. The first-order chi connectivity index (χ1) is 11.0. The van der Waals surface area contributed by atoms with Crippen molar-refractivity contribution in [2.45, 2.75) is 0 Å². The Balaban J connectivity index is 2.22. The molecule has 116 valence electrons. The molecule has 0 aliphatic rings. The summed E-state index contributed by atoms with van der Waals surface area (Å²) < 4.78 is 4.40. The Kier molecular flexibility index (Phi) is 4.89. The summed E-state index contributed by atoms with van der Waals surface area (Å²) in [6.45, 7) is -0.317. The van der Waals surface area contributed by atoms with E-state index < -0.39 is 11.9 Å². The summed E-state index contributed by atoms with van der Waals surface area (Å²) in [5.74, 6) is -1.62. The van der Waals surface area contributed by atoms with E-state index in [1.165, 1.54) is 19.4 Å². The third kappa shape index (κ3) is 3.83. The van der Waals surface area contributed by atoms with Crippen LogP contribution in [-0.4, -0.2) is 35.6 Å². The van der Waals surface area contributed by atoms with Crippen LogP contribution in [0.2, 0.25) is 0 Å². The Morgan fingerprint density at radius 1 is 1.35 bits per heavy atom. The Bertz CT molecular complexity index is 796. The molecule has 0 atom stereocenters. The van der Waals surface area contributed by atoms with E-state index in [1.54, 1.807) is 24.3 Å². The molecule has 0 saturated carbocycles. The molecule has 2 N–H and O–H groups in total. The van der Waals surface area contributed by atoms with Crippen molar-refractivity contribution >= 4 is 11.9 Å². The van der Waals surface area contributed by atoms with E-state index >= 15 is 0 Å². The van der Waals surface area contributed by atoms with Gasteiger partial charge in [-0.2, -0.15) is 5.26 Å². The number of pyridine rings is 1. The van der Waals surface area contributed by atoms with Gasteiger partial charge in [-0.3, -0.25) is 9.59 Å². The summed E-state index contributed by atoms with van der Waals surface area (Å²) in [5.41, 5.74) is 1.52. The number of methoxy groups -OCH3 is 1. The Morgan fingerprint density at radius 2 is 2.13 bits per heavy atom. The third-order valence-corrected chi connectivity index (χ3v) is 3.03. The lowest BCUT2D eigenvalue weighted by Gasteiger charge is -2.07. The van der Waals surface area contributed by atoms with Crippen LogP contribution < -0.4 is 5.32 Å². The second-order valence-electron chi connectivity index (χ2n) is 4.54. The lowest BCUT2D eigenvalue weighted by Crippen LogP contribution is -2.30. The Morgan fingerprint density at radius 3 is 2.78 bits per heavy atom. The number of hydrogen-bond donors (Lipinski definition) is 2. The minimum atomic E-state index is -0.690. The van der Waals surface area contributed by atoms with Crippen LogP contribution in [0.3, 0.4) is 0 Å². The van der Waals surface area contributed by atoms with Crippen molar-refractivity contribution in [3.05, 3.63) is 47.8 Å². The van der Waals surface area contributed by atoms with E-state index in [0.717, 1.165) is 0 Å². The number of benzene rings is 1. The van der Waals surface area contributed by atoms with Crippen molar-refractivity contribution in [3.63, 3.8) is 0 Å². The molecule has 0 radical (unpaired) electrons. The van der Waals surface area contributed by atoms with Crippen molar-refractivity contribution in [1.29, 1.82) is 5.26 Å². The van der Waals surface area contributed by atoms with E-state index in [4.69, 9.17) is 5.26 Å². The molecule has 0 unspecified atom stereocenters. The number of ether oxygens (including phenoxy) is 1. The fraction of sp³-hybridized carbons (Fsp3) is 0.125. The number of amides is 1. The highest BCUT2D eigenvalue weighted by Crippen LogP contribution is 2.25. The lowest BCUT2D eigenvalue weighted by molar-refractivity contribution is -0.139. The standard InChI is InChI=1S/C16H13N3O4/c1-23-14(21)9-19-16(22)15-13(20)6-12(8-18-15)11-4-2-3-10(5-11)7-17/h2-6,8,20H,9H2,1H3,(H,19,22). The van der Waals surface area contributed by atoms with Crippen molar-refractivity contribution in [1.82, 2.24) is 10.3 Å². The van der Waals surface area contributed by atoms with Crippen LogP contribution in [0, 0.1) is 11.3 Å². The van der Waals surface area contributed by atoms with Gasteiger partial charge < -0.3 is 15.2 Å². The molecule has 23 heavy (non-hydrogen) atoms. The summed E-state index contributed by atoms with van der Waals surface area (Å²) >= 11 is 0. The zero-order chi connectivity index (χ0) is 16.8. The molecule has 7 heteroatoms. The van der Waals surface area contributed by atoms with Gasteiger partial charge in [0, 0.05) is 11.8 Å². The molecule has 0 aliphatic carbocycles. The summed E-state index contributed by atoms with van der Waals surface area (Å²) in [7, 11) is 1.20. The molecule has 2 rings (SSSR count). The van der Waals surface area contributed by atoms with Crippen LogP contribution in [0.15, 0.2) is 36.5 Å². The average molecular weight is 311 g/mol. The number of nitriles is 1. The first-order valence-corrected chi connectivity index (χ1v) is 6.59. The molecular formula is C16H13N3O4. The molecule has 1 heterocycles. The summed E-state index contributed by atoms with van der Waals surface area (Å²) in [6.07, 6.45) is 1.41. The van der Waals surface area contributed by atoms with E-state index in [9.17, 15) is 14.7 Å². The van der Waals surface area contributed by atoms with Crippen LogP contribution in [-0.2, 0) is 9.53 Å². The van der Waals surface area contributed by atoms with Crippen LogP contribution in [0.1, 0.15) is 16.1 Å². The lowest BCUT2D eigenvalue weighted by atomic mass is 10.0. The zero-order valence-electron chi connectivity index (χ0n) is 12.2. The van der Waals surface area contributed by atoms with Gasteiger partial charge in [-0.15, -0.1) is 0 Å². The van der Waals surface area contributed by atoms with Gasteiger partial charge in [-0.05, 0) is 23.8 Å². The number of hydrogen-bond acceptors (Lipinski definition) is 6. The molecule has 0 fully saturated rings. The number of esters is 1. The number of nitrogens with zero attached hydrogens (tertiary/aromatic N) is 2. The van der Waals surface area contributed by atoms with Crippen molar-refractivity contribution < 1.29 is 19.4 Å². The number of carbonyl (C=O) groups excluding carboxylic acids is 2. The number of rotatable bonds is 4. The van der Waals surface area contributed by atoms with Gasteiger partial charge >= 0.3 is 5.97 Å². The first kappa shape index (κ1) is 16.0. The predicted octanol–water partition coefficient (Wildman–Crippen LogP) is 1.23. The topological polar surface area (TPSA) is 112 Å². The normalized spacial score (nSPS) is 9.74.